The number of ether oxygens (including phenoxy) is 1. The quantitative estimate of drug-likeness (QED) is 0.858. The number of rotatable bonds is 4. The molecule has 116 valence electrons. The summed E-state index contributed by atoms with van der Waals surface area (Å²) < 4.78 is 32.3. The molecule has 0 atom stereocenters. The largest absolute Gasteiger partial charge is 0.489 e. The van der Waals surface area contributed by atoms with Crippen LogP contribution in [0.5, 0.6) is 5.75 Å². The van der Waals surface area contributed by atoms with Gasteiger partial charge in [0.15, 0.2) is 0 Å². The lowest BCUT2D eigenvalue weighted by molar-refractivity contribution is 0.134. The maximum absolute atomic E-state index is 12.5. The van der Waals surface area contributed by atoms with Gasteiger partial charge in [0.25, 0.3) is 0 Å². The van der Waals surface area contributed by atoms with Gasteiger partial charge in [-0.15, -0.1) is 0 Å². The first-order chi connectivity index (χ1) is 10.7. The van der Waals surface area contributed by atoms with Crippen molar-refractivity contribution in [3.8, 4) is 5.75 Å². The summed E-state index contributed by atoms with van der Waals surface area (Å²) >= 11 is 0. The van der Waals surface area contributed by atoms with Gasteiger partial charge in [0, 0.05) is 31.7 Å². The maximum atomic E-state index is 12.5. The van der Waals surface area contributed by atoms with Gasteiger partial charge in [-0.25, -0.2) is 8.42 Å². The Kier molecular flexibility index (Phi) is 4.35. The number of piperidine rings is 1. The van der Waals surface area contributed by atoms with E-state index in [1.54, 1.807) is 30.7 Å². The minimum Gasteiger partial charge on any atom is -0.489 e. The number of aromatic nitrogens is 2. The number of sulfonamides is 1. The Hall–Kier alpha value is -1.99. The van der Waals surface area contributed by atoms with E-state index < -0.39 is 10.0 Å². The molecule has 6 nitrogen and oxygen atoms in total. The lowest BCUT2D eigenvalue weighted by Gasteiger charge is -2.31. The van der Waals surface area contributed by atoms with Crippen molar-refractivity contribution in [3.63, 3.8) is 0 Å². The second kappa shape index (κ2) is 6.41. The van der Waals surface area contributed by atoms with E-state index in [1.807, 2.05) is 12.1 Å². The smallest absolute Gasteiger partial charge is 0.244 e. The lowest BCUT2D eigenvalue weighted by Crippen LogP contribution is -2.41. The van der Waals surface area contributed by atoms with Gasteiger partial charge in [0.2, 0.25) is 10.0 Å². The fourth-order valence-electron chi connectivity index (χ4n) is 2.45. The molecule has 3 heterocycles. The van der Waals surface area contributed by atoms with E-state index in [4.69, 9.17) is 4.74 Å². The predicted molar refractivity (Wildman–Crippen MR) is 80.9 cm³/mol. The SMILES string of the molecule is O=S(=O)(c1cccnc1)N1CCC(Oc2cccnc2)CC1. The fraction of sp³-hybridized carbons (Fsp3) is 0.333. The van der Waals surface area contributed by atoms with Crippen LogP contribution in [0.4, 0.5) is 0 Å². The molecule has 0 unspecified atom stereocenters. The van der Waals surface area contributed by atoms with Crippen molar-refractivity contribution in [3.05, 3.63) is 49.1 Å². The Bertz CT molecular complexity index is 699. The highest BCUT2D eigenvalue weighted by atomic mass is 32.2. The zero-order valence-electron chi connectivity index (χ0n) is 12.0. The minimum absolute atomic E-state index is 0.0181. The van der Waals surface area contributed by atoms with E-state index in [9.17, 15) is 8.42 Å². The van der Waals surface area contributed by atoms with Crippen molar-refractivity contribution in [2.75, 3.05) is 13.1 Å². The van der Waals surface area contributed by atoms with E-state index in [0.717, 1.165) is 5.75 Å². The first kappa shape index (κ1) is 14.9. The van der Waals surface area contributed by atoms with Crippen LogP contribution in [0.3, 0.4) is 0 Å². The molecule has 1 fully saturated rings. The number of pyridine rings is 2. The fourth-order valence-corrected chi connectivity index (χ4v) is 3.88. The summed E-state index contributed by atoms with van der Waals surface area (Å²) in [5, 5.41) is 0. The summed E-state index contributed by atoms with van der Waals surface area (Å²) in [5.74, 6) is 0.719. The van der Waals surface area contributed by atoms with Crippen LogP contribution in [0.1, 0.15) is 12.8 Å². The molecular formula is C15H17N3O3S. The van der Waals surface area contributed by atoms with Gasteiger partial charge in [-0.3, -0.25) is 9.97 Å². The maximum Gasteiger partial charge on any atom is 0.244 e. The summed E-state index contributed by atoms with van der Waals surface area (Å²) in [4.78, 5) is 8.12. The molecule has 0 N–H and O–H groups in total. The van der Waals surface area contributed by atoms with Gasteiger partial charge in [-0.2, -0.15) is 4.31 Å². The summed E-state index contributed by atoms with van der Waals surface area (Å²) in [5.41, 5.74) is 0. The molecule has 2 aromatic rings. The Morgan fingerprint density at radius 1 is 1.05 bits per heavy atom. The molecule has 2 aromatic heterocycles. The van der Waals surface area contributed by atoms with Crippen molar-refractivity contribution < 1.29 is 13.2 Å². The van der Waals surface area contributed by atoms with E-state index in [1.165, 1.54) is 10.5 Å². The third kappa shape index (κ3) is 3.26. The minimum atomic E-state index is -3.46. The number of hydrogen-bond donors (Lipinski definition) is 0. The molecule has 0 aliphatic carbocycles. The van der Waals surface area contributed by atoms with Gasteiger partial charge < -0.3 is 4.74 Å². The monoisotopic (exact) mass is 319 g/mol. The number of hydrogen-bond acceptors (Lipinski definition) is 5. The van der Waals surface area contributed by atoms with Crippen molar-refractivity contribution in [1.82, 2.24) is 14.3 Å². The average molecular weight is 319 g/mol. The summed E-state index contributed by atoms with van der Waals surface area (Å²) in [6.07, 6.45) is 7.64. The van der Waals surface area contributed by atoms with Crippen LogP contribution in [0, 0.1) is 0 Å². The Morgan fingerprint density at radius 2 is 1.73 bits per heavy atom. The topological polar surface area (TPSA) is 72.4 Å². The molecule has 0 amide bonds. The van der Waals surface area contributed by atoms with Gasteiger partial charge in [-0.05, 0) is 37.1 Å². The second-order valence-corrected chi connectivity index (χ2v) is 7.04. The van der Waals surface area contributed by atoms with Crippen molar-refractivity contribution in [1.29, 1.82) is 0 Å². The molecule has 0 saturated carbocycles. The Balaban J connectivity index is 1.62. The van der Waals surface area contributed by atoms with Crippen molar-refractivity contribution in [2.24, 2.45) is 0 Å². The first-order valence-electron chi connectivity index (χ1n) is 7.13. The van der Waals surface area contributed by atoms with Crippen molar-refractivity contribution >= 4 is 10.0 Å². The summed E-state index contributed by atoms with van der Waals surface area (Å²) in [6.45, 7) is 0.893. The van der Waals surface area contributed by atoms with Gasteiger partial charge in [0.1, 0.15) is 16.7 Å². The van der Waals surface area contributed by atoms with Gasteiger partial charge in [0.05, 0.1) is 6.20 Å². The van der Waals surface area contributed by atoms with E-state index in [2.05, 4.69) is 9.97 Å². The molecule has 1 aliphatic rings. The molecule has 22 heavy (non-hydrogen) atoms. The highest BCUT2D eigenvalue weighted by molar-refractivity contribution is 7.89. The van der Waals surface area contributed by atoms with Crippen LogP contribution in [0.2, 0.25) is 0 Å². The molecule has 0 aromatic carbocycles. The third-order valence-corrected chi connectivity index (χ3v) is 5.49. The van der Waals surface area contributed by atoms with Crippen molar-refractivity contribution in [2.45, 2.75) is 23.8 Å². The van der Waals surface area contributed by atoms with Gasteiger partial charge in [-0.1, -0.05) is 0 Å². The molecule has 3 rings (SSSR count). The van der Waals surface area contributed by atoms with Crippen LogP contribution in [0.15, 0.2) is 53.9 Å². The van der Waals surface area contributed by atoms with E-state index in [-0.39, 0.29) is 11.0 Å². The molecule has 0 bridgehead atoms. The zero-order chi connectivity index (χ0) is 15.4. The molecule has 0 spiro atoms. The summed E-state index contributed by atoms with van der Waals surface area (Å²) in [6, 6.07) is 6.87. The average Bonchev–Trinajstić information content (AvgIpc) is 2.57. The van der Waals surface area contributed by atoms with Crippen LogP contribution in [-0.2, 0) is 10.0 Å². The normalized spacial score (nSPS) is 17.3. The van der Waals surface area contributed by atoms with E-state index in [0.29, 0.717) is 25.9 Å². The summed E-state index contributed by atoms with van der Waals surface area (Å²) in [7, 11) is -3.46. The van der Waals surface area contributed by atoms with E-state index >= 15 is 0 Å². The zero-order valence-corrected chi connectivity index (χ0v) is 12.8. The highest BCUT2D eigenvalue weighted by Crippen LogP contribution is 2.22. The van der Waals surface area contributed by atoms with Gasteiger partial charge >= 0.3 is 0 Å². The molecule has 1 aliphatic heterocycles. The highest BCUT2D eigenvalue weighted by Gasteiger charge is 2.30. The molecule has 7 heteroatoms. The Labute approximate surface area is 129 Å². The Morgan fingerprint density at radius 3 is 2.32 bits per heavy atom. The van der Waals surface area contributed by atoms with Crippen LogP contribution in [-0.4, -0.2) is 41.9 Å². The molecule has 0 radical (unpaired) electrons. The van der Waals surface area contributed by atoms with Crippen LogP contribution in [0.25, 0.3) is 0 Å². The molecular weight excluding hydrogens is 302 g/mol. The molecule has 1 saturated heterocycles. The predicted octanol–water partition coefficient (Wildman–Crippen LogP) is 1.71. The lowest BCUT2D eigenvalue weighted by atomic mass is 10.1. The standard InChI is InChI=1S/C15H17N3O3S/c19-22(20,15-4-2-8-17-12-15)18-9-5-13(6-10-18)21-14-3-1-7-16-11-14/h1-4,7-8,11-13H,5-6,9-10H2. The number of nitrogens with zero attached hydrogens (tertiary/aromatic N) is 3. The first-order valence-corrected chi connectivity index (χ1v) is 8.57. The second-order valence-electron chi connectivity index (χ2n) is 5.10. The van der Waals surface area contributed by atoms with Crippen LogP contribution >= 0.6 is 0 Å². The van der Waals surface area contributed by atoms with Crippen LogP contribution < -0.4 is 4.74 Å². The third-order valence-electron chi connectivity index (χ3n) is 3.61.